The number of amides is 2. The quantitative estimate of drug-likeness (QED) is 0.632. The van der Waals surface area contributed by atoms with Gasteiger partial charge in [0.05, 0.1) is 18.0 Å². The van der Waals surface area contributed by atoms with Crippen molar-refractivity contribution in [2.75, 3.05) is 0 Å². The van der Waals surface area contributed by atoms with Crippen LogP contribution in [0.25, 0.3) is 5.69 Å². The molecule has 1 aliphatic heterocycles. The van der Waals surface area contributed by atoms with Gasteiger partial charge in [-0.05, 0) is 63.6 Å². The van der Waals surface area contributed by atoms with E-state index in [9.17, 15) is 19.6 Å². The molecule has 0 radical (unpaired) electrons. The fourth-order valence-electron chi connectivity index (χ4n) is 4.86. The van der Waals surface area contributed by atoms with Crippen LogP contribution in [-0.2, 0) is 16.0 Å². The Hall–Kier alpha value is -3.74. The van der Waals surface area contributed by atoms with Crippen LogP contribution in [0.1, 0.15) is 63.0 Å². The molecule has 35 heavy (non-hydrogen) atoms. The summed E-state index contributed by atoms with van der Waals surface area (Å²) >= 11 is 0. The maximum Gasteiger partial charge on any atom is 0.411 e. The normalized spacial score (nSPS) is 21.9. The van der Waals surface area contributed by atoms with Crippen molar-refractivity contribution in [2.45, 2.75) is 77.1 Å². The van der Waals surface area contributed by atoms with E-state index in [-0.39, 0.29) is 29.3 Å². The van der Waals surface area contributed by atoms with Gasteiger partial charge in [0.15, 0.2) is 5.78 Å². The smallest absolute Gasteiger partial charge is 0.411 e. The number of aromatic nitrogens is 3. The zero-order valence-electron chi connectivity index (χ0n) is 20.4. The maximum atomic E-state index is 13.2. The summed E-state index contributed by atoms with van der Waals surface area (Å²) in [5, 5.41) is 20.3. The molecule has 10 nitrogen and oxygen atoms in total. The van der Waals surface area contributed by atoms with Gasteiger partial charge >= 0.3 is 6.09 Å². The fraction of sp³-hybridized carbons (Fsp3) is 0.520. The first kappa shape index (κ1) is 24.4. The first-order valence-corrected chi connectivity index (χ1v) is 11.8. The Bertz CT molecular complexity index is 1160. The molecular formula is C25H30N6O4. The van der Waals surface area contributed by atoms with Gasteiger partial charge in [-0.15, -0.1) is 5.10 Å². The van der Waals surface area contributed by atoms with Gasteiger partial charge in [-0.3, -0.25) is 14.5 Å². The lowest BCUT2D eigenvalue weighted by molar-refractivity contribution is -0.128. The number of hydrogen-bond donors (Lipinski definition) is 1. The van der Waals surface area contributed by atoms with Gasteiger partial charge in [-0.25, -0.2) is 9.48 Å². The third kappa shape index (κ3) is 5.34. The van der Waals surface area contributed by atoms with Crippen molar-refractivity contribution in [3.63, 3.8) is 0 Å². The number of likely N-dealkylation sites (tertiary alicyclic amines) is 1. The van der Waals surface area contributed by atoms with Gasteiger partial charge < -0.3 is 10.1 Å². The van der Waals surface area contributed by atoms with Crippen LogP contribution >= 0.6 is 0 Å². The number of rotatable bonds is 6. The number of piperidine rings is 1. The summed E-state index contributed by atoms with van der Waals surface area (Å²) in [5.41, 5.74) is 1.20. The number of fused-ring (bicyclic) bond motifs is 2. The van der Waals surface area contributed by atoms with Crippen molar-refractivity contribution in [1.82, 2.24) is 25.2 Å². The van der Waals surface area contributed by atoms with E-state index in [2.05, 4.69) is 21.7 Å². The van der Waals surface area contributed by atoms with Crippen LogP contribution in [0.15, 0.2) is 30.5 Å². The second-order valence-corrected chi connectivity index (χ2v) is 10.2. The number of Topliss-reactive ketones (excluding diaryl/α,β-unsaturated/α-hetero) is 1. The molecule has 4 atom stereocenters. The van der Waals surface area contributed by atoms with E-state index >= 15 is 0 Å². The van der Waals surface area contributed by atoms with E-state index in [1.807, 2.05) is 24.3 Å². The molecule has 2 aliphatic rings. The Kier molecular flexibility index (Phi) is 6.61. The first-order chi connectivity index (χ1) is 16.6. The Morgan fingerprint density at radius 3 is 2.54 bits per heavy atom. The molecule has 4 rings (SSSR count). The Morgan fingerprint density at radius 2 is 1.94 bits per heavy atom. The van der Waals surface area contributed by atoms with Gasteiger partial charge in [0.1, 0.15) is 23.4 Å². The fourth-order valence-corrected chi connectivity index (χ4v) is 4.86. The monoisotopic (exact) mass is 478 g/mol. The molecule has 2 aromatic rings. The molecule has 2 heterocycles. The van der Waals surface area contributed by atoms with Crippen LogP contribution in [-0.4, -0.2) is 61.4 Å². The van der Waals surface area contributed by atoms with Gasteiger partial charge in [-0.1, -0.05) is 17.3 Å². The van der Waals surface area contributed by atoms with E-state index in [4.69, 9.17) is 4.74 Å². The average molecular weight is 479 g/mol. The maximum absolute atomic E-state index is 13.2. The number of carbonyl (C=O) groups is 3. The second-order valence-electron chi connectivity index (χ2n) is 10.2. The van der Waals surface area contributed by atoms with Crippen molar-refractivity contribution < 1.29 is 19.1 Å². The van der Waals surface area contributed by atoms with Crippen LogP contribution in [0.5, 0.6) is 0 Å². The molecule has 1 N–H and O–H groups in total. The topological polar surface area (TPSA) is 130 Å². The third-order valence-electron chi connectivity index (χ3n) is 6.43. The summed E-state index contributed by atoms with van der Waals surface area (Å²) in [7, 11) is 0. The zero-order chi connectivity index (χ0) is 25.3. The largest absolute Gasteiger partial charge is 0.444 e. The number of ketones is 1. The number of nitrogens with one attached hydrogen (secondary N) is 1. The Labute approximate surface area is 204 Å². The van der Waals surface area contributed by atoms with E-state index in [1.54, 1.807) is 31.9 Å². The minimum absolute atomic E-state index is 0.000941. The molecule has 2 amide bonds. The van der Waals surface area contributed by atoms with E-state index in [1.165, 1.54) is 11.6 Å². The second kappa shape index (κ2) is 9.49. The molecule has 1 saturated carbocycles. The number of hydrogen-bond acceptors (Lipinski definition) is 7. The van der Waals surface area contributed by atoms with Crippen LogP contribution in [0.4, 0.5) is 4.79 Å². The van der Waals surface area contributed by atoms with Crippen LogP contribution in [0.3, 0.4) is 0 Å². The molecule has 1 aromatic carbocycles. The highest BCUT2D eigenvalue weighted by Crippen LogP contribution is 2.43. The van der Waals surface area contributed by atoms with Gasteiger partial charge in [0.2, 0.25) is 5.91 Å². The minimum atomic E-state index is -0.747. The van der Waals surface area contributed by atoms with Crippen LogP contribution < -0.4 is 5.32 Å². The molecule has 10 heteroatoms. The average Bonchev–Trinajstić information content (AvgIpc) is 3.53. The lowest BCUT2D eigenvalue weighted by Gasteiger charge is -2.35. The predicted octanol–water partition coefficient (Wildman–Crippen LogP) is 2.81. The predicted molar refractivity (Wildman–Crippen MR) is 126 cm³/mol. The van der Waals surface area contributed by atoms with Crippen molar-refractivity contribution in [3.05, 3.63) is 41.7 Å². The molecular weight excluding hydrogens is 448 g/mol. The lowest BCUT2D eigenvalue weighted by Crippen LogP contribution is -2.55. The van der Waals surface area contributed by atoms with Gasteiger partial charge in [0.25, 0.3) is 0 Å². The minimum Gasteiger partial charge on any atom is -0.444 e. The third-order valence-corrected chi connectivity index (χ3v) is 6.43. The molecule has 4 unspecified atom stereocenters. The highest BCUT2D eigenvalue weighted by Gasteiger charge is 2.52. The zero-order valence-corrected chi connectivity index (χ0v) is 20.4. The van der Waals surface area contributed by atoms with E-state index < -0.39 is 23.8 Å². The number of carbonyl (C=O) groups excluding carboxylic acids is 3. The van der Waals surface area contributed by atoms with Crippen molar-refractivity contribution in [2.24, 2.45) is 5.92 Å². The van der Waals surface area contributed by atoms with Crippen LogP contribution in [0.2, 0.25) is 0 Å². The standard InChI is InChI=1S/C25H30N6O4/c1-15(32)21-14-30(29-28-21)19-8-5-16(6-9-19)11-18(13-26)27-23(33)22-17-7-10-20(12-17)31(22)24(34)35-25(2,3)4/h5-6,8-9,14,17-18,20,22H,7,10-12H2,1-4H3,(H,27,33). The summed E-state index contributed by atoms with van der Waals surface area (Å²) in [6.07, 6.45) is 3.92. The molecule has 1 aromatic heterocycles. The highest BCUT2D eigenvalue weighted by molar-refractivity contribution is 5.91. The molecule has 1 saturated heterocycles. The molecule has 1 aliphatic carbocycles. The van der Waals surface area contributed by atoms with Gasteiger partial charge in [0, 0.05) is 19.4 Å². The SMILES string of the molecule is CC(=O)c1cn(-c2ccc(CC(C#N)NC(=O)C3C4CCC(C4)N3C(=O)OC(C)(C)C)cc2)nn1. The molecule has 2 fully saturated rings. The number of nitrogens with zero attached hydrogens (tertiary/aromatic N) is 5. The molecule has 0 spiro atoms. The Balaban J connectivity index is 1.41. The number of nitriles is 1. The summed E-state index contributed by atoms with van der Waals surface area (Å²) in [4.78, 5) is 39.0. The first-order valence-electron chi connectivity index (χ1n) is 11.8. The van der Waals surface area contributed by atoms with Crippen molar-refractivity contribution >= 4 is 17.8 Å². The lowest BCUT2D eigenvalue weighted by atomic mass is 9.97. The highest BCUT2D eigenvalue weighted by atomic mass is 16.6. The van der Waals surface area contributed by atoms with E-state index in [0.29, 0.717) is 6.42 Å². The summed E-state index contributed by atoms with van der Waals surface area (Å²) in [5.74, 6) is -0.402. The van der Waals surface area contributed by atoms with Crippen molar-refractivity contribution in [1.29, 1.82) is 5.26 Å². The van der Waals surface area contributed by atoms with Crippen LogP contribution in [0, 0.1) is 17.2 Å². The summed E-state index contributed by atoms with van der Waals surface area (Å²) < 4.78 is 7.06. The number of ether oxygens (including phenoxy) is 1. The van der Waals surface area contributed by atoms with Gasteiger partial charge in [-0.2, -0.15) is 5.26 Å². The van der Waals surface area contributed by atoms with Crippen molar-refractivity contribution in [3.8, 4) is 11.8 Å². The summed E-state index contributed by atoms with van der Waals surface area (Å²) in [6.45, 7) is 6.83. The molecule has 2 bridgehead atoms. The summed E-state index contributed by atoms with van der Waals surface area (Å²) in [6, 6.07) is 8.09. The van der Waals surface area contributed by atoms with E-state index in [0.717, 1.165) is 30.5 Å². The Morgan fingerprint density at radius 1 is 1.23 bits per heavy atom. The molecule has 184 valence electrons. The number of benzene rings is 1.